The van der Waals surface area contributed by atoms with Gasteiger partial charge in [-0.3, -0.25) is 9.59 Å². The monoisotopic (exact) mass is 270 g/mol. The van der Waals surface area contributed by atoms with Gasteiger partial charge in [0.15, 0.2) is 0 Å². The van der Waals surface area contributed by atoms with Gasteiger partial charge in [-0.2, -0.15) is 0 Å². The van der Waals surface area contributed by atoms with Crippen molar-refractivity contribution in [1.82, 2.24) is 0 Å². The second-order valence-corrected chi connectivity index (χ2v) is 4.73. The number of amides is 2. The van der Waals surface area contributed by atoms with Crippen LogP contribution in [0.15, 0.2) is 41.2 Å². The first-order chi connectivity index (χ1) is 9.65. The van der Waals surface area contributed by atoms with E-state index in [9.17, 15) is 9.59 Å². The third kappa shape index (κ3) is 2.18. The van der Waals surface area contributed by atoms with Crippen LogP contribution in [0.5, 0.6) is 0 Å². The van der Waals surface area contributed by atoms with Crippen molar-refractivity contribution in [2.24, 2.45) is 0 Å². The molecule has 3 rings (SSSR count). The maximum atomic E-state index is 11.9. The molecule has 0 saturated carbocycles. The maximum Gasteiger partial charge on any atom is 0.258 e. The van der Waals surface area contributed by atoms with Crippen LogP contribution in [0.1, 0.15) is 22.8 Å². The molecule has 0 bridgehead atoms. The van der Waals surface area contributed by atoms with Crippen LogP contribution in [-0.2, 0) is 11.2 Å². The fourth-order valence-electron chi connectivity index (χ4n) is 2.40. The average molecular weight is 270 g/mol. The topological polar surface area (TPSA) is 62.6 Å². The molecule has 0 saturated heterocycles. The van der Waals surface area contributed by atoms with Crippen LogP contribution in [-0.4, -0.2) is 18.4 Å². The number of fused-ring (bicyclic) bond motifs is 1. The molecule has 0 spiro atoms. The highest BCUT2D eigenvalue weighted by atomic mass is 16.3. The van der Waals surface area contributed by atoms with Gasteiger partial charge in [0.25, 0.3) is 5.91 Å². The standard InChI is InChI=1S/C15H14N2O3/c1-10(18)17-6-4-11-8-13(2-3-14(11)17)16-15(19)12-5-7-20-9-12/h2-3,5,7-9H,4,6H2,1H3,(H,16,19). The van der Waals surface area contributed by atoms with E-state index < -0.39 is 0 Å². The Bertz CT molecular complexity index is 662. The molecule has 0 unspecified atom stereocenters. The molecule has 2 heterocycles. The zero-order chi connectivity index (χ0) is 14.1. The van der Waals surface area contributed by atoms with Crippen LogP contribution in [0.3, 0.4) is 0 Å². The van der Waals surface area contributed by atoms with Crippen molar-refractivity contribution in [3.8, 4) is 0 Å². The second kappa shape index (κ2) is 4.85. The van der Waals surface area contributed by atoms with Gasteiger partial charge >= 0.3 is 0 Å². The SMILES string of the molecule is CC(=O)N1CCc2cc(NC(=O)c3ccoc3)ccc21. The van der Waals surface area contributed by atoms with E-state index in [1.165, 1.54) is 12.5 Å². The summed E-state index contributed by atoms with van der Waals surface area (Å²) in [4.78, 5) is 25.1. The lowest BCUT2D eigenvalue weighted by Crippen LogP contribution is -2.25. The molecule has 0 fully saturated rings. The Morgan fingerprint density at radius 3 is 2.85 bits per heavy atom. The largest absolute Gasteiger partial charge is 0.472 e. The molecule has 0 aliphatic carbocycles. The molecule has 1 aliphatic heterocycles. The summed E-state index contributed by atoms with van der Waals surface area (Å²) in [7, 11) is 0. The van der Waals surface area contributed by atoms with Gasteiger partial charge in [-0.15, -0.1) is 0 Å². The Kier molecular flexibility index (Phi) is 3.02. The summed E-state index contributed by atoms with van der Waals surface area (Å²) in [5.74, 6) is -0.168. The molecule has 1 aliphatic rings. The number of nitrogens with one attached hydrogen (secondary N) is 1. The van der Waals surface area contributed by atoms with E-state index in [1.54, 1.807) is 24.0 Å². The van der Waals surface area contributed by atoms with Crippen LogP contribution in [0.4, 0.5) is 11.4 Å². The summed E-state index contributed by atoms with van der Waals surface area (Å²) in [6.45, 7) is 2.26. The van der Waals surface area contributed by atoms with Crippen LogP contribution in [0.25, 0.3) is 0 Å². The molecule has 102 valence electrons. The molecule has 2 aromatic rings. The van der Waals surface area contributed by atoms with E-state index >= 15 is 0 Å². The van der Waals surface area contributed by atoms with E-state index in [1.807, 2.05) is 12.1 Å². The van der Waals surface area contributed by atoms with Crippen molar-refractivity contribution in [1.29, 1.82) is 0 Å². The highest BCUT2D eigenvalue weighted by molar-refractivity contribution is 6.04. The van der Waals surface area contributed by atoms with Crippen molar-refractivity contribution in [3.05, 3.63) is 47.9 Å². The van der Waals surface area contributed by atoms with E-state index in [2.05, 4.69) is 5.32 Å². The second-order valence-electron chi connectivity index (χ2n) is 4.73. The van der Waals surface area contributed by atoms with Crippen molar-refractivity contribution < 1.29 is 14.0 Å². The molecule has 5 heteroatoms. The number of hydrogen-bond donors (Lipinski definition) is 1. The summed E-state index contributed by atoms with van der Waals surface area (Å²) in [6.07, 6.45) is 3.67. The Hall–Kier alpha value is -2.56. The van der Waals surface area contributed by atoms with E-state index in [4.69, 9.17) is 4.42 Å². The minimum atomic E-state index is -0.208. The molecular formula is C15H14N2O3. The number of nitrogens with zero attached hydrogens (tertiary/aromatic N) is 1. The van der Waals surface area contributed by atoms with E-state index in [0.717, 1.165) is 23.4 Å². The Labute approximate surface area is 116 Å². The molecular weight excluding hydrogens is 256 g/mol. The summed E-state index contributed by atoms with van der Waals surface area (Å²) >= 11 is 0. The van der Waals surface area contributed by atoms with Gasteiger partial charge in [0, 0.05) is 24.8 Å². The third-order valence-electron chi connectivity index (χ3n) is 3.40. The quantitative estimate of drug-likeness (QED) is 0.911. The Morgan fingerprint density at radius 2 is 2.15 bits per heavy atom. The van der Waals surface area contributed by atoms with Gasteiger partial charge in [0.05, 0.1) is 11.8 Å². The first-order valence-corrected chi connectivity index (χ1v) is 6.40. The number of carbonyl (C=O) groups excluding carboxylic acids is 2. The predicted octanol–water partition coefficient (Wildman–Crippen LogP) is 2.44. The first kappa shape index (κ1) is 12.5. The smallest absolute Gasteiger partial charge is 0.258 e. The number of benzene rings is 1. The predicted molar refractivity (Wildman–Crippen MR) is 74.8 cm³/mol. The van der Waals surface area contributed by atoms with Crippen molar-refractivity contribution >= 4 is 23.2 Å². The Morgan fingerprint density at radius 1 is 1.30 bits per heavy atom. The third-order valence-corrected chi connectivity index (χ3v) is 3.40. The van der Waals surface area contributed by atoms with Crippen LogP contribution in [0, 0.1) is 0 Å². The van der Waals surface area contributed by atoms with E-state index in [0.29, 0.717) is 12.1 Å². The van der Waals surface area contributed by atoms with Crippen molar-refractivity contribution in [2.45, 2.75) is 13.3 Å². The molecule has 1 aromatic carbocycles. The van der Waals surface area contributed by atoms with Crippen LogP contribution >= 0.6 is 0 Å². The number of anilines is 2. The van der Waals surface area contributed by atoms with Gasteiger partial charge < -0.3 is 14.6 Å². The van der Waals surface area contributed by atoms with Crippen LogP contribution in [0.2, 0.25) is 0 Å². The molecule has 1 N–H and O–H groups in total. The van der Waals surface area contributed by atoms with Crippen molar-refractivity contribution in [3.63, 3.8) is 0 Å². The summed E-state index contributed by atoms with van der Waals surface area (Å²) in [5.41, 5.74) is 3.21. The fraction of sp³-hybridized carbons (Fsp3) is 0.200. The molecule has 5 nitrogen and oxygen atoms in total. The summed E-state index contributed by atoms with van der Waals surface area (Å²) in [5, 5.41) is 2.82. The zero-order valence-corrected chi connectivity index (χ0v) is 11.1. The van der Waals surface area contributed by atoms with Gasteiger partial charge in [-0.1, -0.05) is 0 Å². The van der Waals surface area contributed by atoms with Crippen LogP contribution < -0.4 is 10.2 Å². The molecule has 20 heavy (non-hydrogen) atoms. The molecule has 1 aromatic heterocycles. The van der Waals surface area contributed by atoms with E-state index in [-0.39, 0.29) is 11.8 Å². The highest BCUT2D eigenvalue weighted by Crippen LogP contribution is 2.30. The summed E-state index contributed by atoms with van der Waals surface area (Å²) in [6, 6.07) is 7.20. The van der Waals surface area contributed by atoms with Gasteiger partial charge in [0.1, 0.15) is 6.26 Å². The number of hydrogen-bond acceptors (Lipinski definition) is 3. The molecule has 2 amide bonds. The zero-order valence-electron chi connectivity index (χ0n) is 11.1. The average Bonchev–Trinajstić information content (AvgIpc) is 3.07. The number of furan rings is 1. The van der Waals surface area contributed by atoms with Gasteiger partial charge in [0.2, 0.25) is 5.91 Å². The lowest BCUT2D eigenvalue weighted by molar-refractivity contribution is -0.116. The fourth-order valence-corrected chi connectivity index (χ4v) is 2.40. The van der Waals surface area contributed by atoms with Gasteiger partial charge in [-0.25, -0.2) is 0 Å². The summed E-state index contributed by atoms with van der Waals surface area (Å²) < 4.78 is 4.88. The lowest BCUT2D eigenvalue weighted by atomic mass is 10.1. The molecule has 0 atom stereocenters. The lowest BCUT2D eigenvalue weighted by Gasteiger charge is -2.15. The van der Waals surface area contributed by atoms with Gasteiger partial charge in [-0.05, 0) is 36.2 Å². The van der Waals surface area contributed by atoms with Crippen molar-refractivity contribution in [2.75, 3.05) is 16.8 Å². The normalized spacial score (nSPS) is 13.2. The first-order valence-electron chi connectivity index (χ1n) is 6.40. The maximum absolute atomic E-state index is 11.9. The molecule has 0 radical (unpaired) electrons. The minimum Gasteiger partial charge on any atom is -0.472 e. The number of rotatable bonds is 2. The minimum absolute atomic E-state index is 0.0407. The number of carbonyl (C=O) groups is 2. The Balaban J connectivity index is 1.80. The highest BCUT2D eigenvalue weighted by Gasteiger charge is 2.22.